The van der Waals surface area contributed by atoms with E-state index in [2.05, 4.69) is 0 Å². The molecular weight excluding hydrogens is 354 g/mol. The molecule has 8 N–H and O–H groups in total. The molecule has 0 aliphatic rings. The second-order valence-electron chi connectivity index (χ2n) is 2.48. The Hall–Kier alpha value is 4.29. The Balaban J connectivity index is -0.0000000257. The van der Waals surface area contributed by atoms with E-state index in [1.807, 2.05) is 0 Å². The Labute approximate surface area is 254 Å². The summed E-state index contributed by atoms with van der Waals surface area (Å²) in [5, 5.41) is 33.8. The van der Waals surface area contributed by atoms with Gasteiger partial charge in [-0.15, -0.1) is 0 Å². The van der Waals surface area contributed by atoms with Crippen LogP contribution in [0, 0.1) is 0 Å². The predicted octanol–water partition coefficient (Wildman–Crippen LogP) is -6.79. The van der Waals surface area contributed by atoms with Gasteiger partial charge < -0.3 is 31.4 Å². The van der Waals surface area contributed by atoms with E-state index in [1.54, 1.807) is 0 Å². The molecule has 0 rings (SSSR count). The summed E-state index contributed by atoms with van der Waals surface area (Å²) in [6.45, 7) is 0. The van der Waals surface area contributed by atoms with Crippen molar-refractivity contribution in [1.82, 2.24) is 0 Å². The van der Waals surface area contributed by atoms with Crippen LogP contribution in [0.4, 0.5) is 0 Å². The molecule has 0 saturated heterocycles. The Morgan fingerprint density at radius 2 is 0.857 bits per heavy atom. The van der Waals surface area contributed by atoms with Crippen molar-refractivity contribution >= 4 is 195 Å². The van der Waals surface area contributed by atoms with Crippen molar-refractivity contribution in [3.8, 4) is 0 Å². The van der Waals surface area contributed by atoms with Crippen molar-refractivity contribution in [2.45, 2.75) is 18.4 Å². The minimum absolute atomic E-state index is 0. The van der Waals surface area contributed by atoms with Crippen molar-refractivity contribution in [1.29, 1.82) is 0 Å². The molecular formula is C6H18Na6O9. The molecule has 0 amide bonds. The van der Waals surface area contributed by atoms with E-state index in [1.165, 1.54) is 0 Å². The van der Waals surface area contributed by atoms with Gasteiger partial charge in [0.05, 0.1) is 12.8 Å². The summed E-state index contributed by atoms with van der Waals surface area (Å²) in [6, 6.07) is 0. The molecule has 0 unspecified atom stereocenters. The number of aliphatic hydroxyl groups is 1. The first-order chi connectivity index (χ1) is 5.78. The summed E-state index contributed by atoms with van der Waals surface area (Å²) in [4.78, 5) is 30.5. The molecule has 21 heavy (non-hydrogen) atoms. The van der Waals surface area contributed by atoms with Crippen LogP contribution < -0.4 is 0 Å². The SMILES string of the molecule is O.O.O=C(O)CC(O)(CC(=O)O)C(=O)O.[NaH].[NaH].[NaH].[NaH].[NaH].[NaH]. The van der Waals surface area contributed by atoms with Gasteiger partial charge >= 0.3 is 195 Å². The van der Waals surface area contributed by atoms with Gasteiger partial charge in [0, 0.05) is 0 Å². The molecule has 0 aliphatic carbocycles. The Morgan fingerprint density at radius 1 is 0.667 bits per heavy atom. The molecule has 15 heteroatoms. The quantitative estimate of drug-likeness (QED) is 0.344. The second-order valence-corrected chi connectivity index (χ2v) is 2.48. The number of hydrogen-bond acceptors (Lipinski definition) is 4. The van der Waals surface area contributed by atoms with Gasteiger partial charge in [0.15, 0.2) is 5.60 Å². The Morgan fingerprint density at radius 3 is 0.952 bits per heavy atom. The van der Waals surface area contributed by atoms with E-state index >= 15 is 0 Å². The first-order valence-electron chi connectivity index (χ1n) is 3.17. The topological polar surface area (TPSA) is 195 Å². The minimum atomic E-state index is -2.74. The van der Waals surface area contributed by atoms with E-state index in [4.69, 9.17) is 20.4 Å². The molecule has 0 fully saturated rings. The van der Waals surface area contributed by atoms with Crippen molar-refractivity contribution in [3.63, 3.8) is 0 Å². The Bertz CT molecular complexity index is 247. The van der Waals surface area contributed by atoms with Gasteiger partial charge in [0.1, 0.15) is 0 Å². The van der Waals surface area contributed by atoms with E-state index < -0.39 is 36.4 Å². The van der Waals surface area contributed by atoms with E-state index in [-0.39, 0.29) is 188 Å². The number of aliphatic carboxylic acids is 3. The maximum absolute atomic E-state index is 10.3. The van der Waals surface area contributed by atoms with E-state index in [9.17, 15) is 14.4 Å². The fourth-order valence-electron chi connectivity index (χ4n) is 0.714. The van der Waals surface area contributed by atoms with Crippen LogP contribution in [0.25, 0.3) is 0 Å². The fraction of sp³-hybridized carbons (Fsp3) is 0.500. The van der Waals surface area contributed by atoms with Gasteiger partial charge in [-0.1, -0.05) is 0 Å². The van der Waals surface area contributed by atoms with E-state index in [0.29, 0.717) is 0 Å². The van der Waals surface area contributed by atoms with Gasteiger partial charge in [0.25, 0.3) is 0 Å². The number of carbonyl (C=O) groups is 3. The summed E-state index contributed by atoms with van der Waals surface area (Å²) in [5.74, 6) is -5.02. The normalized spacial score (nSPS) is 6.71. The van der Waals surface area contributed by atoms with Crippen LogP contribution in [0.5, 0.6) is 0 Å². The van der Waals surface area contributed by atoms with Crippen LogP contribution in [0.2, 0.25) is 0 Å². The van der Waals surface area contributed by atoms with Crippen LogP contribution >= 0.6 is 0 Å². The molecule has 0 aliphatic heterocycles. The summed E-state index contributed by atoms with van der Waals surface area (Å²) in [5.41, 5.74) is -2.74. The molecule has 0 bridgehead atoms. The summed E-state index contributed by atoms with van der Waals surface area (Å²) in [7, 11) is 0. The van der Waals surface area contributed by atoms with Crippen molar-refractivity contribution in [2.75, 3.05) is 0 Å². The van der Waals surface area contributed by atoms with Crippen molar-refractivity contribution in [3.05, 3.63) is 0 Å². The van der Waals surface area contributed by atoms with Crippen LogP contribution in [0.1, 0.15) is 12.8 Å². The average Bonchev–Trinajstić information content (AvgIpc) is 1.82. The number of rotatable bonds is 5. The standard InChI is InChI=1S/C6H8O7.6Na.2H2O.6H/c7-3(8)1-6(13,5(11)12)2-4(9)10;;;;;;;;;;;;;;/h13H,1-2H2,(H,7,8)(H,9,10)(H,11,12);;;;;;;2*1H2;;;;;;. The zero-order chi connectivity index (χ0) is 10.6. The summed E-state index contributed by atoms with van der Waals surface area (Å²) in [6.07, 6.45) is -2.29. The first kappa shape index (κ1) is 56.2. The fourth-order valence-corrected chi connectivity index (χ4v) is 0.714. The van der Waals surface area contributed by atoms with Crippen molar-refractivity contribution < 1.29 is 45.8 Å². The van der Waals surface area contributed by atoms with Gasteiger partial charge in [-0.25, -0.2) is 4.79 Å². The van der Waals surface area contributed by atoms with Crippen LogP contribution in [0.3, 0.4) is 0 Å². The molecule has 0 radical (unpaired) electrons. The van der Waals surface area contributed by atoms with Gasteiger partial charge in [-0.05, 0) is 0 Å². The molecule has 0 aromatic carbocycles. The number of hydrogen-bond donors (Lipinski definition) is 4. The predicted molar refractivity (Wildman–Crippen MR) is 87.2 cm³/mol. The van der Waals surface area contributed by atoms with Gasteiger partial charge in [-0.2, -0.15) is 0 Å². The number of carboxylic acid groups (broad SMARTS) is 3. The van der Waals surface area contributed by atoms with Crippen LogP contribution in [0.15, 0.2) is 0 Å². The first-order valence-corrected chi connectivity index (χ1v) is 3.17. The monoisotopic (exact) mass is 372 g/mol. The molecule has 0 aromatic rings. The van der Waals surface area contributed by atoms with E-state index in [0.717, 1.165) is 0 Å². The molecule has 0 spiro atoms. The van der Waals surface area contributed by atoms with Crippen molar-refractivity contribution in [2.24, 2.45) is 0 Å². The summed E-state index contributed by atoms with van der Waals surface area (Å²) < 4.78 is 0. The number of carboxylic acids is 3. The molecule has 102 valence electrons. The third-order valence-corrected chi connectivity index (χ3v) is 1.29. The molecule has 0 saturated carbocycles. The van der Waals surface area contributed by atoms with Gasteiger partial charge in [-0.3, -0.25) is 9.59 Å². The molecule has 9 nitrogen and oxygen atoms in total. The molecule has 0 heterocycles. The third-order valence-electron chi connectivity index (χ3n) is 1.29. The Kier molecular flexibility index (Phi) is 77.8. The van der Waals surface area contributed by atoms with Gasteiger partial charge in [0.2, 0.25) is 0 Å². The molecule has 0 atom stereocenters. The average molecular weight is 372 g/mol. The zero-order valence-electron chi connectivity index (χ0n) is 7.43. The second kappa shape index (κ2) is 29.1. The maximum atomic E-state index is 10.3. The zero-order valence-corrected chi connectivity index (χ0v) is 7.43. The molecule has 0 aromatic heterocycles. The summed E-state index contributed by atoms with van der Waals surface area (Å²) >= 11 is 0. The third kappa shape index (κ3) is 29.3. The van der Waals surface area contributed by atoms with Crippen LogP contribution in [-0.2, 0) is 14.4 Å². The van der Waals surface area contributed by atoms with Crippen LogP contribution in [-0.4, -0.2) is 232 Å².